The molecule has 0 spiro atoms. The Bertz CT molecular complexity index is 1530. The number of benzene rings is 2. The average molecular weight is 675 g/mol. The summed E-state index contributed by atoms with van der Waals surface area (Å²) in [5.74, 6) is -0.448. The first kappa shape index (κ1) is 35.8. The number of ether oxygens (including phenoxy) is 2. The summed E-state index contributed by atoms with van der Waals surface area (Å²) in [6, 6.07) is 14.2. The Morgan fingerprint density at radius 3 is 1.34 bits per heavy atom. The third-order valence-electron chi connectivity index (χ3n) is 7.63. The van der Waals surface area contributed by atoms with Gasteiger partial charge < -0.3 is 30.1 Å². The minimum Gasteiger partial charge on any atom is -0.467 e. The number of nitrogens with one attached hydrogen (secondary N) is 4. The van der Waals surface area contributed by atoms with Crippen LogP contribution in [0, 0.1) is 63.2 Å². The molecular weight excluding hydrogens is 640 g/mol. The van der Waals surface area contributed by atoms with Gasteiger partial charge >= 0.3 is 29.0 Å². The number of aromatic nitrogens is 2. The predicted molar refractivity (Wildman–Crippen MR) is 173 cm³/mol. The van der Waals surface area contributed by atoms with Gasteiger partial charge in [0.2, 0.25) is 11.8 Å². The molecule has 2 fully saturated rings. The molecule has 2 amide bonds. The number of rotatable bonds is 10. The zero-order valence-corrected chi connectivity index (χ0v) is 26.9. The summed E-state index contributed by atoms with van der Waals surface area (Å²) >= 11 is 0. The Kier molecular flexibility index (Phi) is 13.1. The van der Waals surface area contributed by atoms with E-state index in [1.165, 1.54) is 14.2 Å². The molecule has 4 aromatic rings. The molecule has 6 rings (SSSR count). The molecule has 2 aliphatic carbocycles. The van der Waals surface area contributed by atoms with E-state index >= 15 is 0 Å². The number of carbonyl (C=O) groups excluding carboxylic acids is 4. The fourth-order valence-corrected chi connectivity index (χ4v) is 5.25. The maximum absolute atomic E-state index is 12.2. The van der Waals surface area contributed by atoms with E-state index < -0.39 is 24.0 Å². The van der Waals surface area contributed by atoms with Crippen LogP contribution in [0.2, 0.25) is 0 Å². The topological polar surface area (TPSA) is 142 Å². The zero-order chi connectivity index (χ0) is 32.5. The predicted octanol–water partition coefficient (Wildman–Crippen LogP) is 3.54. The number of aromatic amines is 2. The van der Waals surface area contributed by atoms with Gasteiger partial charge in [-0.05, 0) is 74.6 Å². The van der Waals surface area contributed by atoms with Crippen LogP contribution in [-0.4, -0.2) is 60.0 Å². The first-order valence-corrected chi connectivity index (χ1v) is 14.7. The molecule has 2 aromatic heterocycles. The third kappa shape index (κ3) is 9.05. The van der Waals surface area contributed by atoms with Gasteiger partial charge in [-0.1, -0.05) is 36.4 Å². The Balaban J connectivity index is 0.000000208. The van der Waals surface area contributed by atoms with E-state index in [0.717, 1.165) is 32.9 Å². The zero-order valence-electron chi connectivity index (χ0n) is 25.8. The van der Waals surface area contributed by atoms with E-state index in [4.69, 9.17) is 9.47 Å². The number of para-hydroxylation sites is 2. The summed E-state index contributed by atoms with van der Waals surface area (Å²) in [5, 5.41) is 7.55. The van der Waals surface area contributed by atoms with E-state index in [9.17, 15) is 19.2 Å². The van der Waals surface area contributed by atoms with Crippen molar-refractivity contribution in [3.05, 3.63) is 135 Å². The molecule has 0 bridgehead atoms. The van der Waals surface area contributed by atoms with Gasteiger partial charge in [-0.2, -0.15) is 0 Å². The van der Waals surface area contributed by atoms with Crippen LogP contribution in [0.1, 0.15) is 11.1 Å². The molecule has 2 aliphatic rings. The SMILES string of the molecule is COC(=O)[C@H](Cc1c[nH]c2ccccc12)NC(=O)[C]1[CH][CH][CH][CH]1.COC(=O)[C@H](Cc1c[nH]c2ccccc12)NC(=O)[C]1[CH][CH][CH][CH]1.[Fe+2]. The van der Waals surface area contributed by atoms with Crippen molar-refractivity contribution in [3.8, 4) is 0 Å². The number of H-pyrrole nitrogens is 2. The molecule has 2 atom stereocenters. The van der Waals surface area contributed by atoms with Gasteiger partial charge in [0.25, 0.3) is 0 Å². The average Bonchev–Trinajstić information content (AvgIpc) is 3.92. The summed E-state index contributed by atoms with van der Waals surface area (Å²) in [7, 11) is 2.64. The standard InChI is InChI=1S/2C18H17N2O3.Fe/c2*1-23-18(22)16(20-17(21)12-6-2-3-7-12)10-13-11-19-15-9-5-4-8-14(13)15;/h2*2-9,11,16,19H,10H2,1H3,(H,20,21);/q;;+2/t2*16-;/m00./s1. The Hall–Kier alpha value is -4.08. The van der Waals surface area contributed by atoms with Crippen LogP contribution in [0.25, 0.3) is 21.8 Å². The summed E-state index contributed by atoms with van der Waals surface area (Å²) in [6.45, 7) is 0. The molecule has 4 N–H and O–H groups in total. The Morgan fingerprint density at radius 1 is 0.617 bits per heavy atom. The summed E-state index contributed by atoms with van der Waals surface area (Å²) in [6.07, 6.45) is 18.4. The van der Waals surface area contributed by atoms with Gasteiger partial charge in [0.1, 0.15) is 12.1 Å². The van der Waals surface area contributed by atoms with Crippen LogP contribution in [0.4, 0.5) is 0 Å². The fourth-order valence-electron chi connectivity index (χ4n) is 5.25. The third-order valence-corrected chi connectivity index (χ3v) is 7.63. The molecule has 10 nitrogen and oxygen atoms in total. The molecule has 2 aromatic carbocycles. The van der Waals surface area contributed by atoms with Crippen molar-refractivity contribution in [1.82, 2.24) is 20.6 Å². The van der Waals surface area contributed by atoms with E-state index in [2.05, 4.69) is 20.6 Å². The van der Waals surface area contributed by atoms with E-state index in [0.29, 0.717) is 24.7 Å². The molecule has 2 saturated carbocycles. The van der Waals surface area contributed by atoms with E-state index in [1.54, 1.807) is 51.4 Å². The van der Waals surface area contributed by atoms with Gasteiger partial charge in [0, 0.05) is 47.0 Å². The van der Waals surface area contributed by atoms with Crippen LogP contribution in [0.15, 0.2) is 60.9 Å². The fraction of sp³-hybridized carbons (Fsp3) is 0.167. The molecule has 2 heterocycles. The summed E-state index contributed by atoms with van der Waals surface area (Å²) in [4.78, 5) is 54.8. The monoisotopic (exact) mass is 674 g/mol. The van der Waals surface area contributed by atoms with Crippen molar-refractivity contribution in [2.45, 2.75) is 24.9 Å². The largest absolute Gasteiger partial charge is 2.00 e. The number of carbonyl (C=O) groups is 4. The smallest absolute Gasteiger partial charge is 0.467 e. The van der Waals surface area contributed by atoms with Crippen molar-refractivity contribution in [2.75, 3.05) is 14.2 Å². The Labute approximate surface area is 285 Å². The second-order valence-electron chi connectivity index (χ2n) is 10.6. The second kappa shape index (κ2) is 17.2. The summed E-state index contributed by atoms with van der Waals surface area (Å²) < 4.78 is 9.66. The van der Waals surface area contributed by atoms with Crippen molar-refractivity contribution < 1.29 is 45.7 Å². The quantitative estimate of drug-likeness (QED) is 0.150. The molecule has 10 radical (unpaired) electrons. The molecule has 11 heteroatoms. The number of hydrogen-bond acceptors (Lipinski definition) is 6. The van der Waals surface area contributed by atoms with E-state index in [-0.39, 0.29) is 28.9 Å². The van der Waals surface area contributed by atoms with Crippen molar-refractivity contribution >= 4 is 45.6 Å². The van der Waals surface area contributed by atoms with Crippen LogP contribution in [0.3, 0.4) is 0 Å². The molecule has 47 heavy (non-hydrogen) atoms. The van der Waals surface area contributed by atoms with Crippen molar-refractivity contribution in [1.29, 1.82) is 0 Å². The van der Waals surface area contributed by atoms with Crippen LogP contribution >= 0.6 is 0 Å². The maximum Gasteiger partial charge on any atom is 2.00 e. The van der Waals surface area contributed by atoms with Crippen molar-refractivity contribution in [3.63, 3.8) is 0 Å². The van der Waals surface area contributed by atoms with Gasteiger partial charge in [0.15, 0.2) is 0 Å². The van der Waals surface area contributed by atoms with Crippen LogP contribution < -0.4 is 10.6 Å². The number of amides is 2. The first-order valence-electron chi connectivity index (χ1n) is 14.7. The molecule has 0 saturated heterocycles. The molecular formula is C36H34FeN4O6+2. The normalized spacial score (nSPS) is 16.0. The van der Waals surface area contributed by atoms with Gasteiger partial charge in [-0.3, -0.25) is 9.59 Å². The minimum atomic E-state index is -0.735. The van der Waals surface area contributed by atoms with Gasteiger partial charge in [0.05, 0.1) is 26.1 Å². The van der Waals surface area contributed by atoms with Gasteiger partial charge in [-0.15, -0.1) is 0 Å². The first-order chi connectivity index (χ1) is 22.4. The van der Waals surface area contributed by atoms with Crippen LogP contribution in [-0.2, 0) is 58.6 Å². The number of fused-ring (bicyclic) bond motifs is 2. The second-order valence-corrected chi connectivity index (χ2v) is 10.6. The summed E-state index contributed by atoms with van der Waals surface area (Å²) in [5.41, 5.74) is 3.90. The maximum atomic E-state index is 12.2. The van der Waals surface area contributed by atoms with E-state index in [1.807, 2.05) is 60.9 Å². The number of hydrogen-bond donors (Lipinski definition) is 4. The molecule has 0 aliphatic heterocycles. The molecule has 240 valence electrons. The number of esters is 2. The Morgan fingerprint density at radius 2 is 0.979 bits per heavy atom. The van der Waals surface area contributed by atoms with Crippen LogP contribution in [0.5, 0.6) is 0 Å². The number of methoxy groups -OCH3 is 2. The molecule has 0 unspecified atom stereocenters. The van der Waals surface area contributed by atoms with Crippen molar-refractivity contribution in [2.24, 2.45) is 0 Å². The van der Waals surface area contributed by atoms with Gasteiger partial charge in [-0.25, -0.2) is 9.59 Å². The minimum absolute atomic E-state index is 0.